The molecule has 0 unspecified atom stereocenters. The van der Waals surface area contributed by atoms with Crippen LogP contribution in [0.5, 0.6) is 0 Å². The molecule has 108 valence electrons. The van der Waals surface area contributed by atoms with Gasteiger partial charge in [-0.15, -0.1) is 5.10 Å². The Morgan fingerprint density at radius 2 is 1.52 bits per heavy atom. The molecule has 4 aromatic rings. The highest BCUT2D eigenvalue weighted by Gasteiger charge is 2.18. The molecule has 0 saturated heterocycles. The van der Waals surface area contributed by atoms with E-state index in [1.165, 1.54) is 4.52 Å². The SMILES string of the molecule is N#Cc1c(-c2ccccc2)nc(-c2ccccc2)n2nnnc12. The number of aromatic nitrogens is 5. The number of benzene rings is 2. The van der Waals surface area contributed by atoms with Crippen molar-refractivity contribution in [1.29, 1.82) is 5.26 Å². The van der Waals surface area contributed by atoms with Crippen LogP contribution in [-0.2, 0) is 0 Å². The summed E-state index contributed by atoms with van der Waals surface area (Å²) in [6.45, 7) is 0. The van der Waals surface area contributed by atoms with Crippen molar-refractivity contribution < 1.29 is 0 Å². The van der Waals surface area contributed by atoms with E-state index < -0.39 is 0 Å². The fourth-order valence-corrected chi connectivity index (χ4v) is 2.48. The predicted molar refractivity (Wildman–Crippen MR) is 84.2 cm³/mol. The van der Waals surface area contributed by atoms with Crippen LogP contribution >= 0.6 is 0 Å². The standard InChI is InChI=1S/C17H10N6/c18-11-14-15(12-7-3-1-4-8-12)19-16(13-9-5-2-6-10-13)23-17(14)20-21-22-23/h1-10H. The van der Waals surface area contributed by atoms with Gasteiger partial charge in [-0.05, 0) is 10.4 Å². The number of hydrogen-bond acceptors (Lipinski definition) is 5. The molecule has 0 spiro atoms. The van der Waals surface area contributed by atoms with Gasteiger partial charge in [0.05, 0.1) is 5.69 Å². The molecule has 2 aromatic heterocycles. The van der Waals surface area contributed by atoms with E-state index >= 15 is 0 Å². The maximum atomic E-state index is 9.56. The van der Waals surface area contributed by atoms with E-state index in [2.05, 4.69) is 26.6 Å². The highest BCUT2D eigenvalue weighted by Crippen LogP contribution is 2.27. The molecule has 2 aromatic carbocycles. The quantitative estimate of drug-likeness (QED) is 0.568. The molecule has 2 heterocycles. The number of tetrazole rings is 1. The summed E-state index contributed by atoms with van der Waals surface area (Å²) in [5, 5.41) is 21.2. The van der Waals surface area contributed by atoms with Crippen molar-refractivity contribution in [2.45, 2.75) is 0 Å². The van der Waals surface area contributed by atoms with Gasteiger partial charge in [0.2, 0.25) is 5.65 Å². The normalized spacial score (nSPS) is 10.6. The summed E-state index contributed by atoms with van der Waals surface area (Å²) < 4.78 is 1.50. The first-order valence-corrected chi connectivity index (χ1v) is 7.01. The molecule has 0 aliphatic rings. The summed E-state index contributed by atoms with van der Waals surface area (Å²) in [5.74, 6) is 0.600. The second-order valence-corrected chi connectivity index (χ2v) is 4.92. The summed E-state index contributed by atoms with van der Waals surface area (Å²) >= 11 is 0. The lowest BCUT2D eigenvalue weighted by Gasteiger charge is -2.09. The largest absolute Gasteiger partial charge is 0.226 e. The van der Waals surface area contributed by atoms with E-state index in [0.717, 1.165) is 11.1 Å². The Balaban J connectivity index is 2.09. The number of nitriles is 1. The Morgan fingerprint density at radius 3 is 2.17 bits per heavy atom. The van der Waals surface area contributed by atoms with Crippen molar-refractivity contribution in [1.82, 2.24) is 25.0 Å². The molecule has 0 saturated carbocycles. The first kappa shape index (κ1) is 13.1. The molecule has 4 rings (SSSR count). The molecule has 0 aliphatic carbocycles. The molecule has 0 atom stereocenters. The fourth-order valence-electron chi connectivity index (χ4n) is 2.48. The van der Waals surface area contributed by atoms with Gasteiger partial charge in [0, 0.05) is 11.1 Å². The summed E-state index contributed by atoms with van der Waals surface area (Å²) in [6, 6.07) is 21.4. The first-order chi connectivity index (χ1) is 11.4. The number of fused-ring (bicyclic) bond motifs is 1. The van der Waals surface area contributed by atoms with Gasteiger partial charge in [0.1, 0.15) is 11.6 Å². The van der Waals surface area contributed by atoms with Crippen LogP contribution in [0.1, 0.15) is 5.56 Å². The Kier molecular flexibility index (Phi) is 3.03. The zero-order valence-corrected chi connectivity index (χ0v) is 12.0. The van der Waals surface area contributed by atoms with Gasteiger partial charge >= 0.3 is 0 Å². The lowest BCUT2D eigenvalue weighted by atomic mass is 10.1. The van der Waals surface area contributed by atoms with Gasteiger partial charge in [-0.3, -0.25) is 0 Å². The average Bonchev–Trinajstić information content (AvgIpc) is 3.11. The summed E-state index contributed by atoms with van der Waals surface area (Å²) in [5.41, 5.74) is 3.08. The molecule has 0 amide bonds. The topological polar surface area (TPSA) is 79.8 Å². The van der Waals surface area contributed by atoms with Crippen LogP contribution in [0.25, 0.3) is 28.3 Å². The minimum atomic E-state index is 0.362. The maximum absolute atomic E-state index is 9.56. The van der Waals surface area contributed by atoms with Crippen molar-refractivity contribution in [2.75, 3.05) is 0 Å². The van der Waals surface area contributed by atoms with Crippen LogP contribution in [0.15, 0.2) is 60.7 Å². The van der Waals surface area contributed by atoms with Crippen LogP contribution in [0, 0.1) is 11.3 Å². The average molecular weight is 298 g/mol. The van der Waals surface area contributed by atoms with E-state index in [-0.39, 0.29) is 0 Å². The Morgan fingerprint density at radius 1 is 0.870 bits per heavy atom. The van der Waals surface area contributed by atoms with Crippen LogP contribution in [0.4, 0.5) is 0 Å². The number of hydrogen-bond donors (Lipinski definition) is 0. The predicted octanol–water partition coefficient (Wildman–Crippen LogP) is 2.72. The molecule has 6 heteroatoms. The zero-order chi connectivity index (χ0) is 15.6. The van der Waals surface area contributed by atoms with Gasteiger partial charge in [0.25, 0.3) is 0 Å². The van der Waals surface area contributed by atoms with Gasteiger partial charge in [-0.25, -0.2) is 4.98 Å². The molecule has 0 radical (unpaired) electrons. The van der Waals surface area contributed by atoms with Gasteiger partial charge in [-0.2, -0.15) is 9.78 Å². The summed E-state index contributed by atoms with van der Waals surface area (Å²) in [6.07, 6.45) is 0. The molecule has 6 nitrogen and oxygen atoms in total. The third-order valence-electron chi connectivity index (χ3n) is 3.54. The van der Waals surface area contributed by atoms with Crippen LogP contribution in [0.3, 0.4) is 0 Å². The van der Waals surface area contributed by atoms with Gasteiger partial charge < -0.3 is 0 Å². The van der Waals surface area contributed by atoms with E-state index in [1.807, 2.05) is 60.7 Å². The molecule has 0 bridgehead atoms. The number of nitrogens with zero attached hydrogens (tertiary/aromatic N) is 6. The van der Waals surface area contributed by atoms with Gasteiger partial charge in [0.15, 0.2) is 5.82 Å². The van der Waals surface area contributed by atoms with Crippen LogP contribution in [0.2, 0.25) is 0 Å². The van der Waals surface area contributed by atoms with E-state index in [0.29, 0.717) is 22.7 Å². The minimum absolute atomic E-state index is 0.362. The highest BCUT2D eigenvalue weighted by atomic mass is 15.5. The summed E-state index contributed by atoms with van der Waals surface area (Å²) in [4.78, 5) is 4.68. The van der Waals surface area contributed by atoms with Crippen molar-refractivity contribution in [3.8, 4) is 28.7 Å². The number of rotatable bonds is 2. The minimum Gasteiger partial charge on any atom is -0.226 e. The van der Waals surface area contributed by atoms with Crippen molar-refractivity contribution in [3.05, 3.63) is 66.2 Å². The smallest absolute Gasteiger partial charge is 0.201 e. The molecular formula is C17H10N6. The van der Waals surface area contributed by atoms with E-state index in [9.17, 15) is 5.26 Å². The Bertz CT molecular complexity index is 1020. The molecule has 0 fully saturated rings. The fraction of sp³-hybridized carbons (Fsp3) is 0. The third kappa shape index (κ3) is 2.12. The summed E-state index contributed by atoms with van der Waals surface area (Å²) in [7, 11) is 0. The van der Waals surface area contributed by atoms with Crippen molar-refractivity contribution >= 4 is 5.65 Å². The highest BCUT2D eigenvalue weighted by molar-refractivity contribution is 5.77. The zero-order valence-electron chi connectivity index (χ0n) is 12.0. The molecular weight excluding hydrogens is 288 g/mol. The second kappa shape index (κ2) is 5.31. The molecule has 0 N–H and O–H groups in total. The van der Waals surface area contributed by atoms with Crippen molar-refractivity contribution in [3.63, 3.8) is 0 Å². The van der Waals surface area contributed by atoms with Crippen LogP contribution in [-0.4, -0.2) is 25.0 Å². The monoisotopic (exact) mass is 298 g/mol. The lowest BCUT2D eigenvalue weighted by Crippen LogP contribution is -2.03. The Labute approximate surface area is 131 Å². The second-order valence-electron chi connectivity index (χ2n) is 4.92. The van der Waals surface area contributed by atoms with E-state index in [1.54, 1.807) is 0 Å². The van der Waals surface area contributed by atoms with E-state index in [4.69, 9.17) is 0 Å². The lowest BCUT2D eigenvalue weighted by molar-refractivity contribution is 0.816. The molecule has 23 heavy (non-hydrogen) atoms. The van der Waals surface area contributed by atoms with Gasteiger partial charge in [-0.1, -0.05) is 60.7 Å². The molecule has 0 aliphatic heterocycles. The van der Waals surface area contributed by atoms with Crippen molar-refractivity contribution in [2.24, 2.45) is 0 Å². The maximum Gasteiger partial charge on any atom is 0.201 e. The first-order valence-electron chi connectivity index (χ1n) is 7.01. The Hall–Kier alpha value is -3.59. The third-order valence-corrected chi connectivity index (χ3v) is 3.54. The van der Waals surface area contributed by atoms with Crippen LogP contribution < -0.4 is 0 Å².